The second-order valence-corrected chi connectivity index (χ2v) is 38.5. The maximum Gasteiger partial charge on any atom is 0.352 e. The molecule has 1 rings (SSSR count). The van der Waals surface area contributed by atoms with Crippen LogP contribution in [0.5, 0.6) is 0 Å². The van der Waals surface area contributed by atoms with Crippen LogP contribution in [0.2, 0.25) is 20.2 Å². The van der Waals surface area contributed by atoms with Crippen LogP contribution in [-0.2, 0) is 35.4 Å². The summed E-state index contributed by atoms with van der Waals surface area (Å²) < 4.78 is 59.1. The third-order valence-electron chi connectivity index (χ3n) is 8.67. The zero-order chi connectivity index (χ0) is 38.5. The largest absolute Gasteiger partial charge is 0.412 e. The van der Waals surface area contributed by atoms with Gasteiger partial charge < -0.3 is 35.4 Å². The van der Waals surface area contributed by atoms with Gasteiger partial charge in [-0.05, 0) is 83.1 Å². The predicted octanol–water partition coefficient (Wildman–Crippen LogP) is 10.5. The second-order valence-electron chi connectivity index (χ2n) is 22.0. The van der Waals surface area contributed by atoms with Crippen molar-refractivity contribution in [2.75, 3.05) is 24.9 Å². The highest BCUT2D eigenvalue weighted by molar-refractivity contribution is 6.97. The van der Waals surface area contributed by atoms with Crippen LogP contribution in [0.4, 0.5) is 0 Å². The first-order chi connectivity index (χ1) is 20.7. The van der Waals surface area contributed by atoms with Crippen LogP contribution in [0.25, 0.3) is 0 Å². The molecule has 0 aromatic carbocycles. The smallest absolute Gasteiger partial charge is 0.352 e. The SMILES string of the molecule is CC(C)(C)OC[Si]1(C(C)(C)C)O[Si](COC(C)(C)C)(C(C)(C)C)O[Si](COC(C)(C)C)(C(C)(C)C)O[Si](COC(C)(C)C)(C(C)(C)C)O1. The van der Waals surface area contributed by atoms with Crippen LogP contribution >= 0.6 is 0 Å². The zero-order valence-corrected chi connectivity index (χ0v) is 40.1. The first-order valence-electron chi connectivity index (χ1n) is 18.0. The highest BCUT2D eigenvalue weighted by Gasteiger charge is 2.73. The summed E-state index contributed by atoms with van der Waals surface area (Å²) in [6.45, 7) is 51.7. The van der Waals surface area contributed by atoms with E-state index in [1.165, 1.54) is 0 Å². The van der Waals surface area contributed by atoms with Gasteiger partial charge in [0.25, 0.3) is 0 Å². The Hall–Kier alpha value is 0.548. The average Bonchev–Trinajstić information content (AvgIpc) is 2.76. The summed E-state index contributed by atoms with van der Waals surface area (Å²) in [7, 11) is -13.9. The van der Waals surface area contributed by atoms with Gasteiger partial charge in [0.15, 0.2) is 0 Å². The van der Waals surface area contributed by atoms with Gasteiger partial charge in [0.2, 0.25) is 0 Å². The van der Waals surface area contributed by atoms with E-state index >= 15 is 0 Å². The zero-order valence-electron chi connectivity index (χ0n) is 36.1. The Morgan fingerprint density at radius 1 is 0.271 bits per heavy atom. The highest BCUT2D eigenvalue weighted by Crippen LogP contribution is 2.57. The Bertz CT molecular complexity index is 864. The fraction of sp³-hybridized carbons (Fsp3) is 1.00. The molecule has 0 aromatic heterocycles. The Morgan fingerprint density at radius 2 is 0.396 bits per heavy atom. The normalized spacial score (nSPS) is 29.5. The van der Waals surface area contributed by atoms with Crippen molar-refractivity contribution in [2.45, 2.75) is 209 Å². The lowest BCUT2D eigenvalue weighted by atomic mass is 10.2. The molecule has 0 amide bonds. The molecule has 1 saturated heterocycles. The molecule has 0 spiro atoms. The van der Waals surface area contributed by atoms with Crippen molar-refractivity contribution >= 4 is 34.2 Å². The Labute approximate surface area is 302 Å². The van der Waals surface area contributed by atoms with Crippen molar-refractivity contribution in [3.8, 4) is 0 Å². The summed E-state index contributed by atoms with van der Waals surface area (Å²) in [6, 6.07) is 0. The minimum absolute atomic E-state index is 0.315. The molecular formula is C36H80O8Si4. The third-order valence-corrected chi connectivity index (χ3v) is 30.5. The van der Waals surface area contributed by atoms with E-state index in [2.05, 4.69) is 166 Å². The van der Waals surface area contributed by atoms with Crippen LogP contribution in [0, 0.1) is 0 Å². The first-order valence-corrected chi connectivity index (χ1v) is 26.1. The van der Waals surface area contributed by atoms with Gasteiger partial charge in [-0.2, -0.15) is 0 Å². The van der Waals surface area contributed by atoms with Crippen LogP contribution in [-0.4, -0.2) is 81.6 Å². The van der Waals surface area contributed by atoms with Crippen LogP contribution in [0.3, 0.4) is 0 Å². The molecule has 1 aliphatic heterocycles. The number of ether oxygens (including phenoxy) is 4. The summed E-state index contributed by atoms with van der Waals surface area (Å²) in [4.78, 5) is 0. The van der Waals surface area contributed by atoms with Crippen LogP contribution in [0.15, 0.2) is 0 Å². The molecule has 0 N–H and O–H groups in total. The molecule has 0 saturated carbocycles. The molecule has 48 heavy (non-hydrogen) atoms. The van der Waals surface area contributed by atoms with E-state index in [-0.39, 0.29) is 0 Å². The van der Waals surface area contributed by atoms with Gasteiger partial charge in [-0.1, -0.05) is 83.1 Å². The Kier molecular flexibility index (Phi) is 14.0. The van der Waals surface area contributed by atoms with Crippen LogP contribution < -0.4 is 0 Å². The molecule has 288 valence electrons. The summed E-state index contributed by atoms with van der Waals surface area (Å²) in [6.07, 6.45) is 1.26. The molecule has 0 bridgehead atoms. The molecule has 0 unspecified atom stereocenters. The van der Waals surface area contributed by atoms with Gasteiger partial charge in [-0.25, -0.2) is 0 Å². The van der Waals surface area contributed by atoms with Gasteiger partial charge in [-0.3, -0.25) is 0 Å². The maximum atomic E-state index is 8.01. The molecule has 1 fully saturated rings. The topological polar surface area (TPSA) is 73.8 Å². The van der Waals surface area contributed by atoms with Crippen molar-refractivity contribution < 1.29 is 35.4 Å². The van der Waals surface area contributed by atoms with Gasteiger partial charge >= 0.3 is 34.2 Å². The lowest BCUT2D eigenvalue weighted by Gasteiger charge is -2.62. The van der Waals surface area contributed by atoms with Crippen molar-refractivity contribution in [3.63, 3.8) is 0 Å². The molecule has 0 aliphatic carbocycles. The van der Waals surface area contributed by atoms with Gasteiger partial charge in [0.1, 0.15) is 0 Å². The van der Waals surface area contributed by atoms with Crippen LogP contribution in [0.1, 0.15) is 166 Å². The number of hydrogen-bond acceptors (Lipinski definition) is 8. The van der Waals surface area contributed by atoms with Crippen molar-refractivity contribution in [1.29, 1.82) is 0 Å². The molecule has 12 heteroatoms. The van der Waals surface area contributed by atoms with E-state index in [9.17, 15) is 0 Å². The molecule has 1 heterocycles. The van der Waals surface area contributed by atoms with Gasteiger partial charge in [0, 0.05) is 20.2 Å². The van der Waals surface area contributed by atoms with Crippen molar-refractivity contribution in [1.82, 2.24) is 0 Å². The van der Waals surface area contributed by atoms with E-state index in [1.807, 2.05) is 0 Å². The van der Waals surface area contributed by atoms with Crippen molar-refractivity contribution in [3.05, 3.63) is 0 Å². The minimum Gasteiger partial charge on any atom is -0.412 e. The maximum absolute atomic E-state index is 8.01. The standard InChI is InChI=1S/C36H80O8Si4/c1-29(2,3)37-25-45(33(13,14)15)41-46(34(16,17)18,26-38-30(4,5)6)43-48(36(22,23)24,28-40-32(10,11)12)44-47(42-45,35(19,20)21)27-39-31(7,8)9/h25-28H2,1-24H3. The van der Waals surface area contributed by atoms with E-state index in [0.717, 1.165) is 0 Å². The molecule has 0 atom stereocenters. The fourth-order valence-electron chi connectivity index (χ4n) is 4.72. The van der Waals surface area contributed by atoms with Gasteiger partial charge in [0.05, 0.1) is 47.3 Å². The summed E-state index contributed by atoms with van der Waals surface area (Å²) in [5, 5.41) is -1.75. The summed E-state index contributed by atoms with van der Waals surface area (Å²) in [5.41, 5.74) is -1.69. The average molecular weight is 753 g/mol. The lowest BCUT2D eigenvalue weighted by molar-refractivity contribution is -0.0232. The predicted molar refractivity (Wildman–Crippen MR) is 209 cm³/mol. The molecule has 8 nitrogen and oxygen atoms in total. The first kappa shape index (κ1) is 46.6. The number of hydrogen-bond donors (Lipinski definition) is 0. The van der Waals surface area contributed by atoms with E-state index < -0.39 is 76.8 Å². The van der Waals surface area contributed by atoms with E-state index in [0.29, 0.717) is 24.9 Å². The van der Waals surface area contributed by atoms with E-state index in [4.69, 9.17) is 35.4 Å². The molecule has 0 radical (unpaired) electrons. The summed E-state index contributed by atoms with van der Waals surface area (Å²) in [5.74, 6) is 0. The summed E-state index contributed by atoms with van der Waals surface area (Å²) >= 11 is 0. The monoisotopic (exact) mass is 752 g/mol. The Morgan fingerprint density at radius 3 is 0.479 bits per heavy atom. The molecular weight excluding hydrogens is 673 g/mol. The van der Waals surface area contributed by atoms with Gasteiger partial charge in [-0.15, -0.1) is 0 Å². The third kappa shape index (κ3) is 12.3. The lowest BCUT2D eigenvalue weighted by Crippen LogP contribution is -2.81. The molecule has 1 aliphatic rings. The molecule has 0 aromatic rings. The Balaban J connectivity index is 4.57. The fourth-order valence-corrected chi connectivity index (χ4v) is 31.3. The van der Waals surface area contributed by atoms with Crippen molar-refractivity contribution in [2.24, 2.45) is 0 Å². The second kappa shape index (κ2) is 14.4. The number of rotatable bonds is 8. The highest BCUT2D eigenvalue weighted by atomic mass is 28.5. The van der Waals surface area contributed by atoms with E-state index in [1.54, 1.807) is 0 Å². The minimum atomic E-state index is -3.47. The quantitative estimate of drug-likeness (QED) is 0.227.